The predicted octanol–water partition coefficient (Wildman–Crippen LogP) is 3.02. The van der Waals surface area contributed by atoms with Gasteiger partial charge in [-0.1, -0.05) is 19.9 Å². The predicted molar refractivity (Wildman–Crippen MR) is 39.1 cm³/mol. The second-order valence-corrected chi connectivity index (χ2v) is 2.35. The van der Waals surface area contributed by atoms with Crippen LogP contribution in [0.4, 0.5) is 8.78 Å². The highest BCUT2D eigenvalue weighted by Gasteiger charge is 1.87. The summed E-state index contributed by atoms with van der Waals surface area (Å²) in [7, 11) is 0. The van der Waals surface area contributed by atoms with Gasteiger partial charge in [-0.3, -0.25) is 0 Å². The Kier molecular flexibility index (Phi) is 4.81. The van der Waals surface area contributed by atoms with Crippen LogP contribution in [0.25, 0.3) is 0 Å². The van der Waals surface area contributed by atoms with E-state index in [1.54, 1.807) is 6.08 Å². The summed E-state index contributed by atoms with van der Waals surface area (Å²) in [4.78, 5) is 0. The first kappa shape index (κ1) is 9.34. The van der Waals surface area contributed by atoms with Crippen LogP contribution in [0, 0.1) is 5.92 Å². The minimum atomic E-state index is -0.742. The van der Waals surface area contributed by atoms with Crippen LogP contribution in [-0.2, 0) is 0 Å². The molecule has 0 nitrogen and oxygen atoms in total. The topological polar surface area (TPSA) is 0 Å². The van der Waals surface area contributed by atoms with Gasteiger partial charge in [-0.15, -0.1) is 0 Å². The molecule has 0 bridgehead atoms. The summed E-state index contributed by atoms with van der Waals surface area (Å²) in [6.45, 7) is 3.12. The average molecular weight is 146 g/mol. The normalized spacial score (nSPS) is 13.5. The van der Waals surface area contributed by atoms with Gasteiger partial charge in [-0.05, 0) is 18.1 Å². The maximum absolute atomic E-state index is 12.3. The fraction of sp³-hybridized carbons (Fsp3) is 0.500. The molecule has 0 aliphatic rings. The molecule has 0 saturated carbocycles. The summed E-state index contributed by atoms with van der Waals surface area (Å²) < 4.78 is 23.7. The molecule has 0 N–H and O–H groups in total. The Morgan fingerprint density at radius 1 is 1.50 bits per heavy atom. The molecule has 0 heterocycles. The van der Waals surface area contributed by atoms with E-state index in [4.69, 9.17) is 0 Å². The maximum Gasteiger partial charge on any atom is 0.121 e. The van der Waals surface area contributed by atoms with Gasteiger partial charge in [0.1, 0.15) is 12.5 Å². The Morgan fingerprint density at radius 2 is 2.10 bits per heavy atom. The van der Waals surface area contributed by atoms with Crippen molar-refractivity contribution in [3.8, 4) is 0 Å². The molecule has 2 heteroatoms. The average Bonchev–Trinajstić information content (AvgIpc) is 1.85. The smallest absolute Gasteiger partial charge is 0.121 e. The van der Waals surface area contributed by atoms with Gasteiger partial charge in [-0.25, -0.2) is 8.78 Å². The quantitative estimate of drug-likeness (QED) is 0.537. The lowest BCUT2D eigenvalue weighted by atomic mass is 10.2. The zero-order valence-electron chi connectivity index (χ0n) is 6.27. The van der Waals surface area contributed by atoms with Gasteiger partial charge in [0.25, 0.3) is 0 Å². The fourth-order valence-electron chi connectivity index (χ4n) is 0.426. The molecular weight excluding hydrogens is 134 g/mol. The van der Waals surface area contributed by atoms with Crippen molar-refractivity contribution in [3.63, 3.8) is 0 Å². The highest BCUT2D eigenvalue weighted by atomic mass is 19.1. The molecule has 0 saturated heterocycles. The van der Waals surface area contributed by atoms with Crippen LogP contribution in [0.3, 0.4) is 0 Å². The number of hydrogen-bond donors (Lipinski definition) is 0. The van der Waals surface area contributed by atoms with Crippen LogP contribution in [-0.4, -0.2) is 6.67 Å². The molecule has 0 radical (unpaired) electrons. The second kappa shape index (κ2) is 5.15. The first-order valence-electron chi connectivity index (χ1n) is 3.26. The highest BCUT2D eigenvalue weighted by Crippen LogP contribution is 2.02. The fourth-order valence-corrected chi connectivity index (χ4v) is 0.426. The van der Waals surface area contributed by atoms with Crippen LogP contribution >= 0.6 is 0 Å². The van der Waals surface area contributed by atoms with Crippen molar-refractivity contribution in [2.75, 3.05) is 6.67 Å². The number of allylic oxidation sites excluding steroid dienone is 4. The van der Waals surface area contributed by atoms with Crippen molar-refractivity contribution in [1.82, 2.24) is 0 Å². The second-order valence-electron chi connectivity index (χ2n) is 2.35. The summed E-state index contributed by atoms with van der Waals surface area (Å²) in [6, 6.07) is 0. The van der Waals surface area contributed by atoms with E-state index >= 15 is 0 Å². The minimum absolute atomic E-state index is 0.304. The monoisotopic (exact) mass is 146 g/mol. The van der Waals surface area contributed by atoms with Gasteiger partial charge >= 0.3 is 0 Å². The van der Waals surface area contributed by atoms with E-state index in [1.807, 2.05) is 13.8 Å². The molecule has 0 spiro atoms. The molecule has 0 aromatic carbocycles. The van der Waals surface area contributed by atoms with Crippen LogP contribution < -0.4 is 0 Å². The van der Waals surface area contributed by atoms with Crippen LogP contribution in [0.1, 0.15) is 13.8 Å². The minimum Gasteiger partial charge on any atom is -0.246 e. The van der Waals surface area contributed by atoms with Crippen molar-refractivity contribution in [1.29, 1.82) is 0 Å². The zero-order valence-corrected chi connectivity index (χ0v) is 6.27. The summed E-state index contributed by atoms with van der Waals surface area (Å²) in [5.74, 6) is -0.199. The Morgan fingerprint density at radius 3 is 2.50 bits per heavy atom. The third-order valence-electron chi connectivity index (χ3n) is 0.912. The third-order valence-corrected chi connectivity index (χ3v) is 0.912. The molecule has 0 aliphatic carbocycles. The number of alkyl halides is 1. The van der Waals surface area contributed by atoms with Crippen molar-refractivity contribution in [3.05, 3.63) is 24.1 Å². The van der Waals surface area contributed by atoms with Crippen molar-refractivity contribution >= 4 is 0 Å². The van der Waals surface area contributed by atoms with E-state index in [2.05, 4.69) is 0 Å². The summed E-state index contributed by atoms with van der Waals surface area (Å²) in [5, 5.41) is 0. The van der Waals surface area contributed by atoms with Gasteiger partial charge in [-0.2, -0.15) is 0 Å². The lowest BCUT2D eigenvalue weighted by molar-refractivity contribution is 0.547. The molecule has 10 heavy (non-hydrogen) atoms. The molecule has 58 valence electrons. The van der Waals surface area contributed by atoms with Crippen LogP contribution in [0.2, 0.25) is 0 Å². The van der Waals surface area contributed by atoms with E-state index in [-0.39, 0.29) is 0 Å². The van der Waals surface area contributed by atoms with E-state index in [1.165, 1.54) is 6.08 Å². The Hall–Kier alpha value is -0.660. The number of hydrogen-bond acceptors (Lipinski definition) is 0. The zero-order chi connectivity index (χ0) is 7.98. The first-order chi connectivity index (χ1) is 4.66. The largest absolute Gasteiger partial charge is 0.246 e. The van der Waals surface area contributed by atoms with E-state index in [0.29, 0.717) is 5.92 Å². The lowest BCUT2D eigenvalue weighted by Gasteiger charge is -1.90. The molecule has 0 aromatic rings. The molecule has 0 aromatic heterocycles. The van der Waals surface area contributed by atoms with E-state index < -0.39 is 12.5 Å². The highest BCUT2D eigenvalue weighted by molar-refractivity contribution is 5.11. The molecular formula is C8H12F2. The van der Waals surface area contributed by atoms with Crippen molar-refractivity contribution in [2.45, 2.75) is 13.8 Å². The van der Waals surface area contributed by atoms with E-state index in [0.717, 1.165) is 6.08 Å². The molecule has 0 amide bonds. The van der Waals surface area contributed by atoms with Crippen LogP contribution in [0.5, 0.6) is 0 Å². The van der Waals surface area contributed by atoms with Crippen molar-refractivity contribution < 1.29 is 8.78 Å². The lowest BCUT2D eigenvalue weighted by Crippen LogP contribution is -1.77. The molecule has 0 fully saturated rings. The maximum atomic E-state index is 12.3. The molecule has 0 atom stereocenters. The van der Waals surface area contributed by atoms with Crippen molar-refractivity contribution in [2.24, 2.45) is 5.92 Å². The Labute approximate surface area is 60.2 Å². The first-order valence-corrected chi connectivity index (χ1v) is 3.26. The SMILES string of the molecule is CC(C)/C=C\C(F)=C/CF. The van der Waals surface area contributed by atoms with Gasteiger partial charge in [0.15, 0.2) is 0 Å². The van der Waals surface area contributed by atoms with E-state index in [9.17, 15) is 8.78 Å². The summed E-state index contributed by atoms with van der Waals surface area (Å²) >= 11 is 0. The molecule has 0 rings (SSSR count). The Bertz CT molecular complexity index is 134. The number of halogens is 2. The number of rotatable bonds is 3. The van der Waals surface area contributed by atoms with Gasteiger partial charge in [0.05, 0.1) is 0 Å². The standard InChI is InChI=1S/C8H12F2/c1-7(2)3-4-8(10)5-6-9/h3-5,7H,6H2,1-2H3/b4-3-,8-5+. The third kappa shape index (κ3) is 5.48. The molecule has 0 unspecified atom stereocenters. The summed E-state index contributed by atoms with van der Waals surface area (Å²) in [5.41, 5.74) is 0. The van der Waals surface area contributed by atoms with Gasteiger partial charge in [0, 0.05) is 0 Å². The Balaban J connectivity index is 3.77. The van der Waals surface area contributed by atoms with Crippen LogP contribution in [0.15, 0.2) is 24.1 Å². The molecule has 0 aliphatic heterocycles. The van der Waals surface area contributed by atoms with Gasteiger partial charge < -0.3 is 0 Å². The summed E-state index contributed by atoms with van der Waals surface area (Å²) in [6.07, 6.45) is 3.87. The van der Waals surface area contributed by atoms with Gasteiger partial charge in [0.2, 0.25) is 0 Å².